The zero-order valence-corrected chi connectivity index (χ0v) is 39.8. The zero-order valence-electron chi connectivity index (χ0n) is 39.8. The SMILES string of the molecule is NCCCCCCO[C@@H]1OC(CO)[C@@H](O[C@H]2OC(CO)[C@H](O[C@H]3OC(CO)[C@@H](O[C@@H]4OC(CO)[C@@H](O[C@@H]5OC(CO)[C@@H](O[C@H]6OC(CO)[C@H](O)[C@H](O)C6O)C(O)[C@@H]5O)C(O)[C@@H]4O)[C@H](O)C3O)[C@H](O)C2O)C(O)[C@@H]1O. The van der Waals surface area contributed by atoms with E-state index in [2.05, 4.69) is 0 Å². The summed E-state index contributed by atoms with van der Waals surface area (Å²) in [7, 11) is 0. The van der Waals surface area contributed by atoms with E-state index >= 15 is 0 Å². The minimum Gasteiger partial charge on any atom is -0.394 e. The van der Waals surface area contributed by atoms with Crippen molar-refractivity contribution in [1.29, 1.82) is 0 Å². The van der Waals surface area contributed by atoms with E-state index in [-0.39, 0.29) is 6.61 Å². The fourth-order valence-corrected chi connectivity index (χ4v) is 9.44. The minimum absolute atomic E-state index is 0.141. The first-order valence-corrected chi connectivity index (χ1v) is 24.3. The van der Waals surface area contributed by atoms with Crippen molar-refractivity contribution in [1.82, 2.24) is 0 Å². The van der Waals surface area contributed by atoms with Gasteiger partial charge in [0, 0.05) is 6.61 Å². The summed E-state index contributed by atoms with van der Waals surface area (Å²) in [6.45, 7) is -4.89. The van der Waals surface area contributed by atoms with Gasteiger partial charge in [-0.2, -0.15) is 0 Å². The normalized spacial score (nSPS) is 49.5. The third-order valence-electron chi connectivity index (χ3n) is 13.8. The van der Waals surface area contributed by atoms with Gasteiger partial charge in [-0.15, -0.1) is 0 Å². The number of unbranched alkanes of at least 4 members (excludes halogenated alkanes) is 3. The Morgan fingerprint density at radius 2 is 0.514 bits per heavy atom. The Hall–Kier alpha value is -1.28. The van der Waals surface area contributed by atoms with Crippen LogP contribution >= 0.6 is 0 Å². The summed E-state index contributed by atoms with van der Waals surface area (Å²) < 4.78 is 67.3. The zero-order chi connectivity index (χ0) is 54.3. The molecule has 6 heterocycles. The summed E-state index contributed by atoms with van der Waals surface area (Å²) in [4.78, 5) is 0. The molecule has 32 heteroatoms. The standard InChI is InChI=1S/C42H75NO31/c43-5-3-1-2-4-6-63-37-27(58)21(52)32(14(8-45)65-37)71-39-29(60)23(54)34(16(10-47)67-39)73-41-31(62)25(56)36(18(12-49)69-41)74-42-30(61)24(55)35(17(11-48)68-42)72-40-28(59)22(53)33(15(9-46)66-40)70-38-26(57)20(51)19(50)13(7-44)64-38/h13-42,44-62H,1-12,43H2/t13?,14?,15?,16?,17?,18?,19-,20-,21?,22?,23+,24?,25+,26?,27-,28-,29?,30-,31?,32+,33+,34-,35+,36+,37+,38+,39+,40-,41+,42-/m0/s1. The first-order valence-electron chi connectivity index (χ1n) is 24.3. The Bertz CT molecular complexity index is 1630. The molecule has 434 valence electrons. The molecule has 0 aromatic carbocycles. The molecule has 74 heavy (non-hydrogen) atoms. The molecule has 21 N–H and O–H groups in total. The fraction of sp³-hybridized carbons (Fsp3) is 1.00. The van der Waals surface area contributed by atoms with Gasteiger partial charge >= 0.3 is 0 Å². The van der Waals surface area contributed by atoms with Gasteiger partial charge in [0.15, 0.2) is 37.7 Å². The Balaban J connectivity index is 1.04. The molecular weight excluding hydrogens is 1010 g/mol. The van der Waals surface area contributed by atoms with Gasteiger partial charge in [-0.1, -0.05) is 12.8 Å². The lowest BCUT2D eigenvalue weighted by Gasteiger charge is -2.50. The van der Waals surface area contributed by atoms with Gasteiger partial charge in [0.2, 0.25) is 0 Å². The smallest absolute Gasteiger partial charge is 0.187 e. The molecule has 0 amide bonds. The molecule has 32 nitrogen and oxygen atoms in total. The molecule has 6 rings (SSSR count). The van der Waals surface area contributed by atoms with Crippen LogP contribution in [0.4, 0.5) is 0 Å². The van der Waals surface area contributed by atoms with Crippen molar-refractivity contribution in [3.8, 4) is 0 Å². The van der Waals surface area contributed by atoms with Crippen molar-refractivity contribution in [2.24, 2.45) is 5.73 Å². The Kier molecular flexibility index (Phi) is 23.6. The second-order valence-corrected chi connectivity index (χ2v) is 18.8. The highest BCUT2D eigenvalue weighted by molar-refractivity contribution is 5.00. The summed E-state index contributed by atoms with van der Waals surface area (Å²) in [5.41, 5.74) is 5.50. The number of ether oxygens (including phenoxy) is 12. The predicted octanol–water partition coefficient (Wildman–Crippen LogP) is -12.6. The van der Waals surface area contributed by atoms with Gasteiger partial charge in [0.25, 0.3) is 0 Å². The third-order valence-corrected chi connectivity index (χ3v) is 13.8. The van der Waals surface area contributed by atoms with Crippen molar-refractivity contribution in [2.75, 3.05) is 52.8 Å². The second-order valence-electron chi connectivity index (χ2n) is 18.8. The van der Waals surface area contributed by atoms with E-state index in [1.807, 2.05) is 0 Å². The molecule has 0 radical (unpaired) electrons. The number of nitrogens with two attached hydrogens (primary N) is 1. The van der Waals surface area contributed by atoms with Crippen LogP contribution in [0.2, 0.25) is 0 Å². The van der Waals surface area contributed by atoms with E-state index in [1.165, 1.54) is 0 Å². The molecule has 30 atom stereocenters. The molecule has 0 saturated carbocycles. The van der Waals surface area contributed by atoms with Gasteiger partial charge in [-0.3, -0.25) is 0 Å². The van der Waals surface area contributed by atoms with Crippen LogP contribution in [-0.4, -0.2) is 334 Å². The van der Waals surface area contributed by atoms with E-state index in [0.29, 0.717) is 13.0 Å². The van der Waals surface area contributed by atoms with E-state index in [0.717, 1.165) is 19.3 Å². The van der Waals surface area contributed by atoms with Crippen LogP contribution < -0.4 is 5.73 Å². The quantitative estimate of drug-likeness (QED) is 0.0423. The monoisotopic (exact) mass is 1090 g/mol. The first-order chi connectivity index (χ1) is 35.3. The Morgan fingerprint density at radius 3 is 0.797 bits per heavy atom. The van der Waals surface area contributed by atoms with Crippen LogP contribution in [-0.2, 0) is 56.8 Å². The lowest BCUT2D eigenvalue weighted by atomic mass is 9.95. The highest BCUT2D eigenvalue weighted by atomic mass is 16.8. The molecule has 6 saturated heterocycles. The average molecular weight is 1090 g/mol. The summed E-state index contributed by atoms with van der Waals surface area (Å²) in [6.07, 6.45) is -52.3. The van der Waals surface area contributed by atoms with Crippen molar-refractivity contribution in [3.63, 3.8) is 0 Å². The molecule has 0 bridgehead atoms. The number of aliphatic hydroxyl groups is 19. The van der Waals surface area contributed by atoms with Crippen LogP contribution in [0.1, 0.15) is 25.7 Å². The largest absolute Gasteiger partial charge is 0.394 e. The van der Waals surface area contributed by atoms with E-state index in [9.17, 15) is 97.0 Å². The Morgan fingerprint density at radius 1 is 0.270 bits per heavy atom. The summed E-state index contributed by atoms with van der Waals surface area (Å²) in [5, 5.41) is 202. The first kappa shape index (κ1) is 61.9. The average Bonchev–Trinajstić information content (AvgIpc) is 3.39. The molecule has 0 aromatic rings. The van der Waals surface area contributed by atoms with Crippen LogP contribution in [0.3, 0.4) is 0 Å². The summed E-state index contributed by atoms with van der Waals surface area (Å²) in [6, 6.07) is 0. The van der Waals surface area contributed by atoms with Crippen molar-refractivity contribution in [3.05, 3.63) is 0 Å². The molecule has 0 aromatic heterocycles. The van der Waals surface area contributed by atoms with Crippen LogP contribution in [0, 0.1) is 0 Å². The molecule has 0 aliphatic carbocycles. The van der Waals surface area contributed by atoms with E-state index in [1.54, 1.807) is 0 Å². The molecule has 6 aliphatic heterocycles. The topological polar surface area (TPSA) is 521 Å². The lowest BCUT2D eigenvalue weighted by molar-refractivity contribution is -0.396. The molecule has 6 aliphatic rings. The predicted molar refractivity (Wildman–Crippen MR) is 230 cm³/mol. The highest BCUT2D eigenvalue weighted by Crippen LogP contribution is 2.37. The third kappa shape index (κ3) is 13.6. The van der Waals surface area contributed by atoms with Gasteiger partial charge in [-0.25, -0.2) is 0 Å². The highest BCUT2D eigenvalue weighted by Gasteiger charge is 2.57. The van der Waals surface area contributed by atoms with E-state index < -0.39 is 224 Å². The number of hydrogen-bond acceptors (Lipinski definition) is 32. The maximum atomic E-state index is 11.3. The number of aliphatic hydroxyl groups excluding tert-OH is 19. The van der Waals surface area contributed by atoms with Gasteiger partial charge < -0.3 is 160 Å². The molecule has 0 spiro atoms. The van der Waals surface area contributed by atoms with E-state index in [4.69, 9.17) is 62.6 Å². The van der Waals surface area contributed by atoms with Crippen LogP contribution in [0.25, 0.3) is 0 Å². The Labute approximate surface area is 421 Å². The number of rotatable bonds is 23. The fourth-order valence-electron chi connectivity index (χ4n) is 9.44. The number of hydrogen-bond donors (Lipinski definition) is 20. The lowest BCUT2D eigenvalue weighted by Crippen LogP contribution is -2.68. The van der Waals surface area contributed by atoms with Crippen molar-refractivity contribution < 1.29 is 154 Å². The van der Waals surface area contributed by atoms with Crippen LogP contribution in [0.5, 0.6) is 0 Å². The molecule has 12 unspecified atom stereocenters. The maximum absolute atomic E-state index is 11.3. The molecular formula is C42H75NO31. The second kappa shape index (κ2) is 28.2. The van der Waals surface area contributed by atoms with Crippen molar-refractivity contribution in [2.45, 2.75) is 210 Å². The van der Waals surface area contributed by atoms with Gasteiger partial charge in [0.05, 0.1) is 39.6 Å². The van der Waals surface area contributed by atoms with Crippen molar-refractivity contribution >= 4 is 0 Å². The molecule has 6 fully saturated rings. The maximum Gasteiger partial charge on any atom is 0.187 e. The van der Waals surface area contributed by atoms with Gasteiger partial charge in [-0.05, 0) is 19.4 Å². The summed E-state index contributed by atoms with van der Waals surface area (Å²) in [5.74, 6) is 0. The summed E-state index contributed by atoms with van der Waals surface area (Å²) >= 11 is 0. The van der Waals surface area contributed by atoms with Gasteiger partial charge in [0.1, 0.15) is 146 Å². The minimum atomic E-state index is -2.17. The van der Waals surface area contributed by atoms with Crippen LogP contribution in [0.15, 0.2) is 0 Å².